The van der Waals surface area contributed by atoms with E-state index in [2.05, 4.69) is 222 Å². The van der Waals surface area contributed by atoms with Crippen LogP contribution in [-0.4, -0.2) is 32.1 Å². The molecule has 0 heterocycles. The van der Waals surface area contributed by atoms with Crippen molar-refractivity contribution in [3.8, 4) is 34.5 Å². The SMILES string of the molecule is CC(C)Cc1ccc(CCC(CC(CC(CC(Cl)c2ccc(O)cc2)c2ccc(OC(C)(C)C)cc2)c2ccc(CCC(CC(Cl)c3ccc(O)cc3)c3ccc(OC(C)(C)C)cc3)cc2)c2ccc(CCC(CC(Cl)c3ccc(O)cc3)c3ccc(OC(C)(C)C)cc3)cc2)cc1. The van der Waals surface area contributed by atoms with E-state index >= 15 is 0 Å². The Balaban J connectivity index is 1.06. The third kappa shape index (κ3) is 23.9. The zero-order valence-corrected chi connectivity index (χ0v) is 61.9. The van der Waals surface area contributed by atoms with Crippen molar-refractivity contribution in [2.24, 2.45) is 5.92 Å². The Morgan fingerprint density at radius 1 is 0.276 bits per heavy atom. The van der Waals surface area contributed by atoms with Crippen LogP contribution in [0.4, 0.5) is 0 Å². The van der Waals surface area contributed by atoms with E-state index in [9.17, 15) is 15.3 Å². The van der Waals surface area contributed by atoms with Gasteiger partial charge in [-0.15, -0.1) is 34.8 Å². The van der Waals surface area contributed by atoms with Crippen LogP contribution in [-0.2, 0) is 25.7 Å². The van der Waals surface area contributed by atoms with Crippen LogP contribution >= 0.6 is 34.8 Å². The highest BCUT2D eigenvalue weighted by Gasteiger charge is 2.29. The number of alkyl halides is 3. The number of halogens is 3. The average molecular weight is 1380 g/mol. The zero-order valence-electron chi connectivity index (χ0n) is 59.7. The summed E-state index contributed by atoms with van der Waals surface area (Å²) in [5.41, 5.74) is 13.5. The van der Waals surface area contributed by atoms with Gasteiger partial charge in [-0.2, -0.15) is 0 Å². The summed E-state index contributed by atoms with van der Waals surface area (Å²) < 4.78 is 18.9. The normalized spacial score (nSPS) is 14.6. The average Bonchev–Trinajstić information content (AvgIpc) is 0.850. The van der Waals surface area contributed by atoms with Gasteiger partial charge in [-0.1, -0.05) is 159 Å². The highest BCUT2D eigenvalue weighted by molar-refractivity contribution is 6.21. The third-order valence-corrected chi connectivity index (χ3v) is 19.9. The van der Waals surface area contributed by atoms with E-state index in [0.29, 0.717) is 12.3 Å². The van der Waals surface area contributed by atoms with Crippen molar-refractivity contribution in [3.05, 3.63) is 285 Å². The Labute approximate surface area is 601 Å². The van der Waals surface area contributed by atoms with Gasteiger partial charge in [0.1, 0.15) is 51.3 Å². The summed E-state index contributed by atoms with van der Waals surface area (Å²) >= 11 is 22.1. The van der Waals surface area contributed by atoms with Crippen LogP contribution in [0, 0.1) is 5.92 Å². The van der Waals surface area contributed by atoms with Crippen molar-refractivity contribution in [2.45, 2.75) is 216 Å². The number of ether oxygens (including phenoxy) is 3. The minimum Gasteiger partial charge on any atom is -0.508 e. The van der Waals surface area contributed by atoms with E-state index < -0.39 is 0 Å². The largest absolute Gasteiger partial charge is 0.508 e. The Morgan fingerprint density at radius 2 is 0.490 bits per heavy atom. The second-order valence-electron chi connectivity index (χ2n) is 30.7. The Morgan fingerprint density at radius 3 is 0.776 bits per heavy atom. The smallest absolute Gasteiger partial charge is 0.120 e. The molecule has 0 aromatic heterocycles. The molecular formula is C89H105Cl3O6. The molecule has 0 fully saturated rings. The van der Waals surface area contributed by atoms with Gasteiger partial charge in [0.25, 0.3) is 0 Å². The van der Waals surface area contributed by atoms with Crippen LogP contribution in [0.15, 0.2) is 218 Å². The molecule has 0 aliphatic rings. The molecule has 9 rings (SSSR count). The predicted octanol–water partition coefficient (Wildman–Crippen LogP) is 25.1. The summed E-state index contributed by atoms with van der Waals surface area (Å²) in [7, 11) is 0. The van der Waals surface area contributed by atoms with Crippen molar-refractivity contribution >= 4 is 34.8 Å². The van der Waals surface area contributed by atoms with Crippen LogP contribution in [0.2, 0.25) is 0 Å². The lowest BCUT2D eigenvalue weighted by Crippen LogP contribution is -2.22. The van der Waals surface area contributed by atoms with E-state index in [1.165, 1.54) is 50.1 Å². The number of phenolic OH excluding ortho intramolecular Hbond substituents is 3. The first kappa shape index (κ1) is 74.9. The summed E-state index contributed by atoms with van der Waals surface area (Å²) in [4.78, 5) is 0. The van der Waals surface area contributed by atoms with Gasteiger partial charge in [-0.25, -0.2) is 0 Å². The highest BCUT2D eigenvalue weighted by Crippen LogP contribution is 2.46. The fourth-order valence-electron chi connectivity index (χ4n) is 13.6. The Hall–Kier alpha value is -7.35. The Bertz CT molecular complexity index is 3810. The van der Waals surface area contributed by atoms with E-state index in [1.54, 1.807) is 36.4 Å². The van der Waals surface area contributed by atoms with Crippen molar-refractivity contribution < 1.29 is 29.5 Å². The maximum atomic E-state index is 10.4. The van der Waals surface area contributed by atoms with Crippen LogP contribution in [0.3, 0.4) is 0 Å². The van der Waals surface area contributed by atoms with Gasteiger partial charge in [0.05, 0.1) is 16.1 Å². The van der Waals surface area contributed by atoms with Gasteiger partial charge < -0.3 is 29.5 Å². The number of aryl methyl sites for hydroxylation is 3. The van der Waals surface area contributed by atoms with E-state index in [4.69, 9.17) is 49.0 Å². The maximum Gasteiger partial charge on any atom is 0.120 e. The second-order valence-corrected chi connectivity index (χ2v) is 32.3. The summed E-state index contributed by atoms with van der Waals surface area (Å²) in [6.07, 6.45) is 10.4. The molecule has 0 spiro atoms. The van der Waals surface area contributed by atoms with Crippen molar-refractivity contribution in [2.75, 3.05) is 0 Å². The number of rotatable bonds is 32. The van der Waals surface area contributed by atoms with E-state index in [0.717, 1.165) is 105 Å². The van der Waals surface area contributed by atoms with Gasteiger partial charge in [0.15, 0.2) is 0 Å². The summed E-state index contributed by atoms with van der Waals surface area (Å²) in [5.74, 6) is 4.48. The van der Waals surface area contributed by atoms with Crippen LogP contribution < -0.4 is 14.2 Å². The molecule has 6 nitrogen and oxygen atoms in total. The topological polar surface area (TPSA) is 88.4 Å². The van der Waals surface area contributed by atoms with Gasteiger partial charge in [-0.3, -0.25) is 0 Å². The molecule has 0 saturated heterocycles. The van der Waals surface area contributed by atoms with E-state index in [1.807, 2.05) is 36.4 Å². The molecule has 9 aromatic rings. The van der Waals surface area contributed by atoms with Crippen LogP contribution in [0.1, 0.15) is 240 Å². The van der Waals surface area contributed by atoms with E-state index in [-0.39, 0.29) is 79.8 Å². The first-order chi connectivity index (χ1) is 46.6. The molecule has 98 heavy (non-hydrogen) atoms. The molecule has 0 aliphatic heterocycles. The monoisotopic (exact) mass is 1370 g/mol. The number of phenols is 3. The molecule has 3 N–H and O–H groups in total. The summed E-state index contributed by atoms with van der Waals surface area (Å²) in [6, 6.07) is 76.1. The lowest BCUT2D eigenvalue weighted by molar-refractivity contribution is 0.130. The molecule has 9 heteroatoms. The van der Waals surface area contributed by atoms with Crippen LogP contribution in [0.25, 0.3) is 0 Å². The highest BCUT2D eigenvalue weighted by atomic mass is 35.5. The Kier molecular flexibility index (Phi) is 26.4. The molecule has 8 atom stereocenters. The van der Waals surface area contributed by atoms with Crippen molar-refractivity contribution in [1.29, 1.82) is 0 Å². The number of hydrogen-bond donors (Lipinski definition) is 3. The summed E-state index contributed by atoms with van der Waals surface area (Å²) in [6.45, 7) is 23.2. The molecule has 0 radical (unpaired) electrons. The molecule has 0 aliphatic carbocycles. The third-order valence-electron chi connectivity index (χ3n) is 18.6. The zero-order chi connectivity index (χ0) is 70.2. The molecule has 9 aromatic carbocycles. The van der Waals surface area contributed by atoms with Crippen molar-refractivity contribution in [1.82, 2.24) is 0 Å². The predicted molar refractivity (Wildman–Crippen MR) is 410 cm³/mol. The molecule has 8 unspecified atom stereocenters. The van der Waals surface area contributed by atoms with Gasteiger partial charge >= 0.3 is 0 Å². The fraction of sp³-hybridized carbons (Fsp3) is 0.393. The number of hydrogen-bond acceptors (Lipinski definition) is 6. The number of benzene rings is 9. The molecule has 0 amide bonds. The standard InChI is InChI=1S/C89H105Cl3O6/c1-60(2)54-64-14-12-61(13-15-64)20-27-73(65-23-16-62(17-24-65)21-28-74(57-84(90)70-30-42-78(93)43-31-70)66-36-48-81(49-37-66)96-87(3,4)5)55-76(56-77(59-86(92)72-34-46-80(95)47-35-72)69-40-52-83(53-41-69)98-89(9,10)11)68-25-18-63(19-26-68)22-29-75(58-85(91)71-32-44-79(94)45-33-71)67-38-50-82(51-39-67)97-88(6,7)8/h12-19,23-26,30-53,60,73-77,84-86,93-95H,20-22,27-29,54-59H2,1-11H3. The van der Waals surface area contributed by atoms with Gasteiger partial charge in [0, 0.05) is 0 Å². The molecular weight excluding hydrogens is 1270 g/mol. The molecule has 0 saturated carbocycles. The quantitative estimate of drug-likeness (QED) is 0.0364. The molecule has 0 bridgehead atoms. The fourth-order valence-corrected chi connectivity index (χ4v) is 14.7. The second kappa shape index (κ2) is 34.6. The first-order valence-electron chi connectivity index (χ1n) is 35.5. The minimum absolute atomic E-state index is 0.0611. The van der Waals surface area contributed by atoms with Gasteiger partial charge in [-0.05, 0) is 314 Å². The van der Waals surface area contributed by atoms with Crippen LogP contribution in [0.5, 0.6) is 34.5 Å². The minimum atomic E-state index is -0.351. The molecule has 518 valence electrons. The summed E-state index contributed by atoms with van der Waals surface area (Å²) in [5, 5.41) is 29.8. The lowest BCUT2D eigenvalue weighted by atomic mass is 9.75. The number of aromatic hydroxyl groups is 3. The lowest BCUT2D eigenvalue weighted by Gasteiger charge is -2.30. The van der Waals surface area contributed by atoms with Gasteiger partial charge in [0.2, 0.25) is 0 Å². The maximum absolute atomic E-state index is 10.4. The first-order valence-corrected chi connectivity index (χ1v) is 36.8. The van der Waals surface area contributed by atoms with Crippen molar-refractivity contribution in [3.63, 3.8) is 0 Å².